The average molecular weight is 355 g/mol. The lowest BCUT2D eigenvalue weighted by atomic mass is 9.77. The molecule has 1 heteroatoms. The van der Waals surface area contributed by atoms with Gasteiger partial charge in [0.2, 0.25) is 0 Å². The first-order valence-corrected chi connectivity index (χ1v) is 10.7. The molecule has 1 aromatic heterocycles. The molecule has 136 valence electrons. The third-order valence-corrected chi connectivity index (χ3v) is 8.08. The lowest BCUT2D eigenvalue weighted by Gasteiger charge is -2.28. The molecule has 0 bridgehead atoms. The van der Waals surface area contributed by atoms with E-state index in [2.05, 4.69) is 79.7 Å². The fourth-order valence-corrected chi connectivity index (χ4v) is 5.65. The van der Waals surface area contributed by atoms with Crippen LogP contribution < -0.4 is 0 Å². The van der Waals surface area contributed by atoms with Crippen molar-refractivity contribution in [3.63, 3.8) is 0 Å². The Balaban J connectivity index is 2.12. The van der Waals surface area contributed by atoms with E-state index in [1.54, 1.807) is 4.88 Å². The summed E-state index contributed by atoms with van der Waals surface area (Å²) in [7, 11) is 0. The van der Waals surface area contributed by atoms with Crippen molar-refractivity contribution in [2.75, 3.05) is 0 Å². The molecule has 1 aliphatic carbocycles. The van der Waals surface area contributed by atoms with Crippen LogP contribution in [-0.2, 0) is 16.2 Å². The number of thiophene rings is 1. The number of benzene rings is 1. The maximum absolute atomic E-state index is 2.51. The summed E-state index contributed by atoms with van der Waals surface area (Å²) in [4.78, 5) is 3.07. The van der Waals surface area contributed by atoms with Gasteiger partial charge in [-0.1, -0.05) is 80.0 Å². The second kappa shape index (κ2) is 5.98. The van der Waals surface area contributed by atoms with Gasteiger partial charge in [0.25, 0.3) is 0 Å². The molecule has 0 atom stereocenters. The SMILES string of the molecule is CCCC(C)(C)c1cc2c(s1)-c1ccc(C(C)(C)CC)cc1C2(C)C. The first-order valence-electron chi connectivity index (χ1n) is 9.84. The van der Waals surface area contributed by atoms with Crippen molar-refractivity contribution in [3.8, 4) is 10.4 Å². The van der Waals surface area contributed by atoms with E-state index >= 15 is 0 Å². The zero-order valence-electron chi connectivity index (χ0n) is 17.3. The summed E-state index contributed by atoms with van der Waals surface area (Å²) in [6, 6.07) is 9.76. The molecule has 0 fully saturated rings. The molecule has 0 saturated heterocycles. The van der Waals surface area contributed by atoms with E-state index < -0.39 is 0 Å². The zero-order valence-corrected chi connectivity index (χ0v) is 18.2. The van der Waals surface area contributed by atoms with Crippen LogP contribution in [-0.4, -0.2) is 0 Å². The molecular formula is C24H34S. The van der Waals surface area contributed by atoms with E-state index in [-0.39, 0.29) is 16.2 Å². The van der Waals surface area contributed by atoms with Crippen molar-refractivity contribution >= 4 is 11.3 Å². The normalized spacial score (nSPS) is 16.0. The van der Waals surface area contributed by atoms with Crippen molar-refractivity contribution in [2.24, 2.45) is 0 Å². The minimum absolute atomic E-state index is 0.113. The van der Waals surface area contributed by atoms with Gasteiger partial charge in [0.05, 0.1) is 0 Å². The highest BCUT2D eigenvalue weighted by Gasteiger charge is 2.39. The van der Waals surface area contributed by atoms with Crippen molar-refractivity contribution in [2.45, 2.75) is 90.9 Å². The first-order chi connectivity index (χ1) is 11.5. The van der Waals surface area contributed by atoms with E-state index in [0.717, 1.165) is 0 Å². The topological polar surface area (TPSA) is 0 Å². The second-order valence-electron chi connectivity index (χ2n) is 9.61. The van der Waals surface area contributed by atoms with Gasteiger partial charge < -0.3 is 0 Å². The lowest BCUT2D eigenvalue weighted by molar-refractivity contribution is 0.481. The Morgan fingerprint density at radius 3 is 2.20 bits per heavy atom. The Bertz CT molecular complexity index is 786. The van der Waals surface area contributed by atoms with Crippen LogP contribution in [0.5, 0.6) is 0 Å². The fourth-order valence-electron chi connectivity index (χ4n) is 4.17. The summed E-state index contributed by atoms with van der Waals surface area (Å²) in [6.07, 6.45) is 3.66. The average Bonchev–Trinajstić information content (AvgIpc) is 3.07. The first kappa shape index (κ1) is 18.7. The summed E-state index contributed by atoms with van der Waals surface area (Å²) in [5.74, 6) is 0. The van der Waals surface area contributed by atoms with E-state index in [9.17, 15) is 0 Å². The lowest BCUT2D eigenvalue weighted by Crippen LogP contribution is -2.20. The van der Waals surface area contributed by atoms with Crippen LogP contribution >= 0.6 is 11.3 Å². The van der Waals surface area contributed by atoms with Gasteiger partial charge in [-0.15, -0.1) is 11.3 Å². The molecule has 0 unspecified atom stereocenters. The van der Waals surface area contributed by atoms with Gasteiger partial charge in [0.1, 0.15) is 0 Å². The maximum Gasteiger partial charge on any atom is 0.0389 e. The molecule has 0 aliphatic heterocycles. The molecule has 0 N–H and O–H groups in total. The monoisotopic (exact) mass is 354 g/mol. The molecule has 0 spiro atoms. The predicted molar refractivity (Wildman–Crippen MR) is 113 cm³/mol. The maximum atomic E-state index is 2.51. The van der Waals surface area contributed by atoms with Crippen molar-refractivity contribution in [1.29, 1.82) is 0 Å². The van der Waals surface area contributed by atoms with Crippen LogP contribution in [0.3, 0.4) is 0 Å². The fraction of sp³-hybridized carbons (Fsp3) is 0.583. The highest BCUT2D eigenvalue weighted by molar-refractivity contribution is 7.16. The highest BCUT2D eigenvalue weighted by Crippen LogP contribution is 2.54. The Hall–Kier alpha value is -1.08. The van der Waals surface area contributed by atoms with Gasteiger partial charge in [-0.25, -0.2) is 0 Å². The largest absolute Gasteiger partial charge is 0.139 e. The molecule has 25 heavy (non-hydrogen) atoms. The van der Waals surface area contributed by atoms with E-state index in [0.29, 0.717) is 0 Å². The molecular weight excluding hydrogens is 320 g/mol. The standard InChI is InChI=1S/C24H34S/c1-9-13-23(5,6)20-15-19-21(25-20)17-12-11-16(22(3,4)10-2)14-18(17)24(19,7)8/h11-12,14-15H,9-10,13H2,1-8H3. The Morgan fingerprint density at radius 2 is 1.60 bits per heavy atom. The number of hydrogen-bond donors (Lipinski definition) is 0. The van der Waals surface area contributed by atoms with Crippen molar-refractivity contribution in [3.05, 3.63) is 45.8 Å². The summed E-state index contributed by atoms with van der Waals surface area (Å²) in [5, 5.41) is 0. The van der Waals surface area contributed by atoms with Crippen LogP contribution in [0.4, 0.5) is 0 Å². The zero-order chi connectivity index (χ0) is 18.6. The number of hydrogen-bond acceptors (Lipinski definition) is 1. The van der Waals surface area contributed by atoms with Gasteiger partial charge in [-0.2, -0.15) is 0 Å². The minimum atomic E-state index is 0.113. The Labute approximate surface area is 158 Å². The molecule has 0 saturated carbocycles. The summed E-state index contributed by atoms with van der Waals surface area (Å²) >= 11 is 2.03. The van der Waals surface area contributed by atoms with E-state index in [1.165, 1.54) is 46.4 Å². The van der Waals surface area contributed by atoms with Crippen LogP contribution in [0, 0.1) is 0 Å². The molecule has 2 aromatic rings. The van der Waals surface area contributed by atoms with Gasteiger partial charge in [-0.05, 0) is 52.0 Å². The second-order valence-corrected chi connectivity index (χ2v) is 10.7. The van der Waals surface area contributed by atoms with Gasteiger partial charge in [0, 0.05) is 15.2 Å². The molecule has 1 heterocycles. The summed E-state index contributed by atoms with van der Waals surface area (Å²) in [6.45, 7) is 18.9. The van der Waals surface area contributed by atoms with Crippen molar-refractivity contribution in [1.82, 2.24) is 0 Å². The van der Waals surface area contributed by atoms with Gasteiger partial charge in [-0.3, -0.25) is 0 Å². The summed E-state index contributed by atoms with van der Waals surface area (Å²) in [5.41, 5.74) is 6.65. The number of rotatable bonds is 5. The van der Waals surface area contributed by atoms with Crippen molar-refractivity contribution < 1.29 is 0 Å². The molecule has 3 rings (SSSR count). The predicted octanol–water partition coefficient (Wildman–Crippen LogP) is 7.82. The Morgan fingerprint density at radius 1 is 0.920 bits per heavy atom. The molecule has 0 nitrogen and oxygen atoms in total. The van der Waals surface area contributed by atoms with Crippen LogP contribution in [0.15, 0.2) is 24.3 Å². The molecule has 0 radical (unpaired) electrons. The summed E-state index contributed by atoms with van der Waals surface area (Å²) < 4.78 is 0. The minimum Gasteiger partial charge on any atom is -0.139 e. The molecule has 1 aliphatic rings. The quantitative estimate of drug-likeness (QED) is 0.513. The van der Waals surface area contributed by atoms with Gasteiger partial charge in [0.15, 0.2) is 0 Å². The molecule has 0 amide bonds. The van der Waals surface area contributed by atoms with Crippen LogP contribution in [0.2, 0.25) is 0 Å². The Kier molecular flexibility index (Phi) is 4.47. The van der Waals surface area contributed by atoms with E-state index in [1.807, 2.05) is 11.3 Å². The molecule has 1 aromatic carbocycles. The van der Waals surface area contributed by atoms with Crippen LogP contribution in [0.1, 0.15) is 96.2 Å². The van der Waals surface area contributed by atoms with E-state index in [4.69, 9.17) is 0 Å². The third-order valence-electron chi connectivity index (χ3n) is 6.55. The smallest absolute Gasteiger partial charge is 0.0389 e. The van der Waals surface area contributed by atoms with Gasteiger partial charge >= 0.3 is 0 Å². The van der Waals surface area contributed by atoms with Crippen LogP contribution in [0.25, 0.3) is 10.4 Å². The highest BCUT2D eigenvalue weighted by atomic mass is 32.1. The number of fused-ring (bicyclic) bond motifs is 3. The third kappa shape index (κ3) is 2.89.